The minimum atomic E-state index is 0.129. The molecular formula is C36H36. The van der Waals surface area contributed by atoms with E-state index in [1.165, 1.54) is 33.4 Å². The average molecular weight is 469 g/mol. The van der Waals surface area contributed by atoms with E-state index in [1.54, 1.807) is 22.3 Å². The Bertz CT molecular complexity index is 1400. The van der Waals surface area contributed by atoms with Crippen LogP contribution in [0.1, 0.15) is 121 Å². The summed E-state index contributed by atoms with van der Waals surface area (Å²) in [7, 11) is 0. The topological polar surface area (TPSA) is 0 Å². The molecule has 180 valence electrons. The fraction of sp³-hybridized carbons (Fsp3) is 0.333. The minimum Gasteiger partial charge on any atom is -0.0620 e. The van der Waals surface area contributed by atoms with Crippen LogP contribution < -0.4 is 0 Å². The zero-order chi connectivity index (χ0) is 25.0. The van der Waals surface area contributed by atoms with Gasteiger partial charge in [0.2, 0.25) is 0 Å². The number of rotatable bonds is 0. The lowest BCUT2D eigenvalue weighted by Gasteiger charge is -2.50. The van der Waals surface area contributed by atoms with Crippen LogP contribution in [0, 0.1) is 0 Å². The standard InChI is InChI=1S/C36H36/c1-35(2,3)21-15-17-27-29(19-21)33-25-13-9-7-11-23(25)31(27)32-24-12-8-10-14-26(24)34(33)30-20-22(36(4,5)6)16-18-28(30)32/h7-20,31-34H,1-6H3/t31-,32-,33+,34+/m1/s1. The molecule has 0 N–H and O–H groups in total. The second-order valence-corrected chi connectivity index (χ2v) is 13.4. The predicted octanol–water partition coefficient (Wildman–Crippen LogP) is 9.15. The molecule has 0 aromatic heterocycles. The SMILES string of the molecule is CC(C)(C)c1ccc2c(c1)[C@@H]1c3ccccc3[C@H]2[C@@H]2c3ccccc3[C@H]1c1cc(C(C)(C)C)ccc12. The Kier molecular flexibility index (Phi) is 4.43. The molecule has 0 radical (unpaired) electrons. The van der Waals surface area contributed by atoms with Gasteiger partial charge >= 0.3 is 0 Å². The van der Waals surface area contributed by atoms with Crippen LogP contribution >= 0.6 is 0 Å². The smallest absolute Gasteiger partial charge is 0.0205 e. The highest BCUT2D eigenvalue weighted by Gasteiger charge is 2.49. The molecule has 4 aromatic carbocycles. The molecule has 4 bridgehead atoms. The molecule has 0 heterocycles. The lowest BCUT2D eigenvalue weighted by atomic mass is 9.52. The van der Waals surface area contributed by atoms with Crippen molar-refractivity contribution in [2.24, 2.45) is 0 Å². The van der Waals surface area contributed by atoms with Crippen LogP contribution in [0.5, 0.6) is 0 Å². The van der Waals surface area contributed by atoms with Crippen LogP contribution in [0.2, 0.25) is 0 Å². The Hall–Kier alpha value is -3.12. The Morgan fingerprint density at radius 2 is 0.639 bits per heavy atom. The molecule has 4 atom stereocenters. The molecule has 0 fully saturated rings. The van der Waals surface area contributed by atoms with Gasteiger partial charge in [0, 0.05) is 23.7 Å². The molecule has 0 saturated carbocycles. The fourth-order valence-corrected chi connectivity index (χ4v) is 7.45. The largest absolute Gasteiger partial charge is 0.0620 e. The van der Waals surface area contributed by atoms with E-state index in [9.17, 15) is 0 Å². The third-order valence-electron chi connectivity index (χ3n) is 9.24. The molecule has 0 saturated heterocycles. The van der Waals surface area contributed by atoms with Crippen LogP contribution in [0.15, 0.2) is 84.9 Å². The van der Waals surface area contributed by atoms with Crippen LogP contribution in [-0.4, -0.2) is 0 Å². The van der Waals surface area contributed by atoms with E-state index in [2.05, 4.69) is 126 Å². The maximum absolute atomic E-state index is 2.57. The van der Waals surface area contributed by atoms with E-state index in [0.29, 0.717) is 23.7 Å². The van der Waals surface area contributed by atoms with Gasteiger partial charge in [-0.15, -0.1) is 0 Å². The maximum atomic E-state index is 2.57. The van der Waals surface area contributed by atoms with Gasteiger partial charge in [0.25, 0.3) is 0 Å². The zero-order valence-corrected chi connectivity index (χ0v) is 22.4. The Labute approximate surface area is 216 Å². The van der Waals surface area contributed by atoms with Crippen molar-refractivity contribution in [1.29, 1.82) is 0 Å². The number of hydrogen-bond acceptors (Lipinski definition) is 0. The Balaban J connectivity index is 1.61. The van der Waals surface area contributed by atoms with E-state index in [0.717, 1.165) is 0 Å². The molecule has 10 rings (SSSR count). The second-order valence-electron chi connectivity index (χ2n) is 13.4. The van der Waals surface area contributed by atoms with Crippen LogP contribution in [0.25, 0.3) is 0 Å². The Morgan fingerprint density at radius 1 is 0.361 bits per heavy atom. The molecular weight excluding hydrogens is 432 g/mol. The molecule has 0 unspecified atom stereocenters. The van der Waals surface area contributed by atoms with Crippen molar-refractivity contribution >= 4 is 0 Å². The van der Waals surface area contributed by atoms with E-state index in [-0.39, 0.29) is 10.8 Å². The molecule has 6 aliphatic rings. The van der Waals surface area contributed by atoms with Crippen LogP contribution in [0.4, 0.5) is 0 Å². The van der Waals surface area contributed by atoms with Gasteiger partial charge < -0.3 is 0 Å². The summed E-state index contributed by atoms with van der Waals surface area (Å²) in [6.45, 7) is 14.1. The monoisotopic (exact) mass is 468 g/mol. The van der Waals surface area contributed by atoms with Gasteiger partial charge in [-0.1, -0.05) is 126 Å². The van der Waals surface area contributed by atoms with Gasteiger partial charge in [0.1, 0.15) is 0 Å². The molecule has 0 amide bonds. The number of benzene rings is 4. The van der Waals surface area contributed by atoms with Crippen molar-refractivity contribution in [2.75, 3.05) is 0 Å². The summed E-state index contributed by atoms with van der Waals surface area (Å²) in [6.07, 6.45) is 0. The molecule has 0 aliphatic heterocycles. The molecule has 0 spiro atoms. The number of hydrogen-bond donors (Lipinski definition) is 0. The second kappa shape index (κ2) is 7.22. The summed E-state index contributed by atoms with van der Waals surface area (Å²) in [4.78, 5) is 0. The van der Waals surface area contributed by atoms with Gasteiger partial charge in [-0.2, -0.15) is 0 Å². The minimum absolute atomic E-state index is 0.129. The first-order valence-electron chi connectivity index (χ1n) is 13.6. The van der Waals surface area contributed by atoms with Crippen molar-refractivity contribution in [3.05, 3.63) is 141 Å². The lowest BCUT2D eigenvalue weighted by Crippen LogP contribution is -2.36. The average Bonchev–Trinajstić information content (AvgIpc) is 2.83. The van der Waals surface area contributed by atoms with E-state index >= 15 is 0 Å². The van der Waals surface area contributed by atoms with Crippen molar-refractivity contribution in [2.45, 2.75) is 76.0 Å². The molecule has 6 aliphatic carbocycles. The highest BCUT2D eigenvalue weighted by atomic mass is 14.5. The maximum Gasteiger partial charge on any atom is 0.0205 e. The molecule has 4 aromatic rings. The van der Waals surface area contributed by atoms with Gasteiger partial charge in [-0.05, 0) is 66.5 Å². The summed E-state index contributed by atoms with van der Waals surface area (Å²) in [5.74, 6) is 1.32. The summed E-state index contributed by atoms with van der Waals surface area (Å²) < 4.78 is 0. The van der Waals surface area contributed by atoms with Gasteiger partial charge in [0.15, 0.2) is 0 Å². The summed E-state index contributed by atoms with van der Waals surface area (Å²) in [5.41, 5.74) is 15.5. The van der Waals surface area contributed by atoms with Gasteiger partial charge in [-0.25, -0.2) is 0 Å². The van der Waals surface area contributed by atoms with Crippen molar-refractivity contribution in [1.82, 2.24) is 0 Å². The first-order chi connectivity index (χ1) is 17.1. The Morgan fingerprint density at radius 3 is 0.944 bits per heavy atom. The first kappa shape index (κ1) is 22.1. The zero-order valence-electron chi connectivity index (χ0n) is 22.4. The van der Waals surface area contributed by atoms with Crippen molar-refractivity contribution in [3.8, 4) is 0 Å². The van der Waals surface area contributed by atoms with Crippen molar-refractivity contribution in [3.63, 3.8) is 0 Å². The van der Waals surface area contributed by atoms with E-state index < -0.39 is 0 Å². The lowest BCUT2D eigenvalue weighted by molar-refractivity contribution is 0.520. The van der Waals surface area contributed by atoms with E-state index in [1.807, 2.05) is 0 Å². The molecule has 36 heavy (non-hydrogen) atoms. The summed E-state index contributed by atoms with van der Waals surface area (Å²) in [5, 5.41) is 0. The fourth-order valence-electron chi connectivity index (χ4n) is 7.45. The van der Waals surface area contributed by atoms with E-state index in [4.69, 9.17) is 0 Å². The summed E-state index contributed by atoms with van der Waals surface area (Å²) >= 11 is 0. The van der Waals surface area contributed by atoms with Gasteiger partial charge in [-0.3, -0.25) is 0 Å². The quantitative estimate of drug-likeness (QED) is 0.241. The highest BCUT2D eigenvalue weighted by molar-refractivity contribution is 5.68. The first-order valence-corrected chi connectivity index (χ1v) is 13.6. The third kappa shape index (κ3) is 2.94. The normalized spacial score (nSPS) is 23.3. The highest BCUT2D eigenvalue weighted by Crippen LogP contribution is 2.64. The van der Waals surface area contributed by atoms with Crippen LogP contribution in [-0.2, 0) is 10.8 Å². The third-order valence-corrected chi connectivity index (χ3v) is 9.24. The van der Waals surface area contributed by atoms with Crippen LogP contribution in [0.3, 0.4) is 0 Å². The molecule has 0 nitrogen and oxygen atoms in total. The summed E-state index contributed by atoms with van der Waals surface area (Å²) in [6, 6.07) is 33.6. The predicted molar refractivity (Wildman–Crippen MR) is 151 cm³/mol. The van der Waals surface area contributed by atoms with Crippen molar-refractivity contribution < 1.29 is 0 Å². The van der Waals surface area contributed by atoms with Gasteiger partial charge in [0.05, 0.1) is 0 Å². The molecule has 0 heteroatoms.